The molecule has 0 spiro atoms. The lowest BCUT2D eigenvalue weighted by Crippen LogP contribution is -2.14. The maximum atomic E-state index is 13.1. The highest BCUT2D eigenvalue weighted by atomic mass is 19.1. The van der Waals surface area contributed by atoms with Crippen LogP contribution in [0.4, 0.5) is 4.39 Å². The maximum absolute atomic E-state index is 13.1. The van der Waals surface area contributed by atoms with E-state index in [1.165, 1.54) is 6.07 Å². The van der Waals surface area contributed by atoms with Crippen LogP contribution in [0.3, 0.4) is 0 Å². The fraction of sp³-hybridized carbons (Fsp3) is 0.500. The standard InChI is InChI=1S/C12H18FNO3/c13-11-3-1-2-4-12(11)17-10-9-16-8-7-15-6-5-14/h1-4H,5-10,14H2. The first-order valence-corrected chi connectivity index (χ1v) is 5.57. The smallest absolute Gasteiger partial charge is 0.165 e. The Hall–Kier alpha value is -1.17. The van der Waals surface area contributed by atoms with Gasteiger partial charge in [-0.15, -0.1) is 0 Å². The second kappa shape index (κ2) is 8.92. The number of ether oxygens (including phenoxy) is 3. The van der Waals surface area contributed by atoms with Gasteiger partial charge in [0.15, 0.2) is 11.6 Å². The van der Waals surface area contributed by atoms with Gasteiger partial charge in [-0.3, -0.25) is 0 Å². The van der Waals surface area contributed by atoms with Crippen LogP contribution < -0.4 is 10.5 Å². The molecule has 1 aromatic rings. The van der Waals surface area contributed by atoms with Crippen LogP contribution >= 0.6 is 0 Å². The monoisotopic (exact) mass is 243 g/mol. The third-order valence-electron chi connectivity index (χ3n) is 1.96. The van der Waals surface area contributed by atoms with E-state index in [0.29, 0.717) is 39.6 Å². The van der Waals surface area contributed by atoms with E-state index >= 15 is 0 Å². The predicted molar refractivity (Wildman–Crippen MR) is 62.6 cm³/mol. The number of rotatable bonds is 9. The molecule has 96 valence electrons. The lowest BCUT2D eigenvalue weighted by atomic mass is 10.3. The summed E-state index contributed by atoms with van der Waals surface area (Å²) in [6, 6.07) is 6.28. The van der Waals surface area contributed by atoms with Gasteiger partial charge in [0.25, 0.3) is 0 Å². The van der Waals surface area contributed by atoms with Gasteiger partial charge in [0.05, 0.1) is 26.4 Å². The summed E-state index contributed by atoms with van der Waals surface area (Å²) in [6.07, 6.45) is 0. The summed E-state index contributed by atoms with van der Waals surface area (Å²) in [5.41, 5.74) is 5.25. The summed E-state index contributed by atoms with van der Waals surface area (Å²) in [7, 11) is 0. The van der Waals surface area contributed by atoms with Gasteiger partial charge in [-0.05, 0) is 12.1 Å². The fourth-order valence-corrected chi connectivity index (χ4v) is 1.18. The Kier molecular flexibility index (Phi) is 7.29. The van der Waals surface area contributed by atoms with Crippen LogP contribution in [0.5, 0.6) is 5.75 Å². The number of benzene rings is 1. The molecule has 0 saturated heterocycles. The second-order valence-electron chi connectivity index (χ2n) is 3.29. The van der Waals surface area contributed by atoms with E-state index in [0.717, 1.165) is 0 Å². The molecule has 1 rings (SSSR count). The van der Waals surface area contributed by atoms with Crippen LogP contribution in [0.25, 0.3) is 0 Å². The highest BCUT2D eigenvalue weighted by Crippen LogP contribution is 2.14. The molecule has 0 radical (unpaired) electrons. The SMILES string of the molecule is NCCOCCOCCOc1ccccc1F. The Morgan fingerprint density at radius 1 is 0.941 bits per heavy atom. The van der Waals surface area contributed by atoms with Crippen LogP contribution in [0.2, 0.25) is 0 Å². The molecule has 0 amide bonds. The van der Waals surface area contributed by atoms with E-state index in [9.17, 15) is 4.39 Å². The van der Waals surface area contributed by atoms with Crippen molar-refractivity contribution in [3.63, 3.8) is 0 Å². The van der Waals surface area contributed by atoms with Gasteiger partial charge >= 0.3 is 0 Å². The van der Waals surface area contributed by atoms with E-state index in [4.69, 9.17) is 19.9 Å². The molecule has 4 nitrogen and oxygen atoms in total. The third kappa shape index (κ3) is 6.21. The molecule has 1 aromatic carbocycles. The minimum absolute atomic E-state index is 0.246. The lowest BCUT2D eigenvalue weighted by molar-refractivity contribution is 0.0383. The van der Waals surface area contributed by atoms with Crippen LogP contribution in [-0.4, -0.2) is 39.6 Å². The van der Waals surface area contributed by atoms with Crippen molar-refractivity contribution in [1.29, 1.82) is 0 Å². The summed E-state index contributed by atoms with van der Waals surface area (Å²) in [5.74, 6) is -0.116. The number of hydrogen-bond donors (Lipinski definition) is 1. The van der Waals surface area contributed by atoms with E-state index in [1.807, 2.05) is 0 Å². The van der Waals surface area contributed by atoms with Gasteiger partial charge in [0.2, 0.25) is 0 Å². The summed E-state index contributed by atoms with van der Waals surface area (Å²) in [5, 5.41) is 0. The zero-order valence-electron chi connectivity index (χ0n) is 9.73. The first-order chi connectivity index (χ1) is 8.34. The maximum Gasteiger partial charge on any atom is 0.165 e. The molecule has 2 N–H and O–H groups in total. The molecule has 5 heteroatoms. The summed E-state index contributed by atoms with van der Waals surface area (Å²) >= 11 is 0. The quantitative estimate of drug-likeness (QED) is 0.662. The summed E-state index contributed by atoms with van der Waals surface area (Å²) < 4.78 is 28.7. The summed E-state index contributed by atoms with van der Waals surface area (Å²) in [6.45, 7) is 2.77. The summed E-state index contributed by atoms with van der Waals surface area (Å²) in [4.78, 5) is 0. The van der Waals surface area contributed by atoms with Gasteiger partial charge in [-0.1, -0.05) is 12.1 Å². The Bertz CT molecular complexity index is 310. The van der Waals surface area contributed by atoms with Gasteiger partial charge in [0, 0.05) is 6.54 Å². The van der Waals surface area contributed by atoms with Crippen LogP contribution in [-0.2, 0) is 9.47 Å². The van der Waals surface area contributed by atoms with E-state index in [1.54, 1.807) is 18.2 Å². The second-order valence-corrected chi connectivity index (χ2v) is 3.29. The molecule has 0 fully saturated rings. The average molecular weight is 243 g/mol. The molecule has 0 aliphatic carbocycles. The zero-order chi connectivity index (χ0) is 12.3. The van der Waals surface area contributed by atoms with Crippen molar-refractivity contribution >= 4 is 0 Å². The van der Waals surface area contributed by atoms with Gasteiger partial charge < -0.3 is 19.9 Å². The Labute approximate surface area is 100 Å². The highest BCUT2D eigenvalue weighted by molar-refractivity contribution is 5.23. The van der Waals surface area contributed by atoms with E-state index < -0.39 is 0 Å². The van der Waals surface area contributed by atoms with Gasteiger partial charge in [-0.25, -0.2) is 4.39 Å². The van der Waals surface area contributed by atoms with Crippen molar-refractivity contribution in [2.75, 3.05) is 39.6 Å². The lowest BCUT2D eigenvalue weighted by Gasteiger charge is -2.07. The van der Waals surface area contributed by atoms with Crippen LogP contribution in [0.1, 0.15) is 0 Å². The minimum atomic E-state index is -0.362. The fourth-order valence-electron chi connectivity index (χ4n) is 1.18. The average Bonchev–Trinajstić information content (AvgIpc) is 2.35. The molecule has 0 atom stereocenters. The van der Waals surface area contributed by atoms with Crippen molar-refractivity contribution in [3.8, 4) is 5.75 Å². The molecule has 0 bridgehead atoms. The number of nitrogens with two attached hydrogens (primary N) is 1. The number of hydrogen-bond acceptors (Lipinski definition) is 4. The minimum Gasteiger partial charge on any atom is -0.488 e. The molecular weight excluding hydrogens is 225 g/mol. The van der Waals surface area contributed by atoms with Crippen molar-refractivity contribution in [2.24, 2.45) is 5.73 Å². The molecule has 17 heavy (non-hydrogen) atoms. The molecule has 0 aromatic heterocycles. The molecular formula is C12H18FNO3. The Morgan fingerprint density at radius 2 is 1.59 bits per heavy atom. The first-order valence-electron chi connectivity index (χ1n) is 5.57. The van der Waals surface area contributed by atoms with E-state index in [-0.39, 0.29) is 11.6 Å². The van der Waals surface area contributed by atoms with Crippen molar-refractivity contribution in [2.45, 2.75) is 0 Å². The molecule has 0 aliphatic rings. The molecule has 0 aliphatic heterocycles. The normalized spacial score (nSPS) is 10.5. The van der Waals surface area contributed by atoms with Gasteiger partial charge in [0.1, 0.15) is 6.61 Å². The third-order valence-corrected chi connectivity index (χ3v) is 1.96. The largest absolute Gasteiger partial charge is 0.488 e. The molecule has 0 saturated carbocycles. The highest BCUT2D eigenvalue weighted by Gasteiger charge is 2.00. The Balaban J connectivity index is 1.99. The van der Waals surface area contributed by atoms with Crippen molar-refractivity contribution < 1.29 is 18.6 Å². The van der Waals surface area contributed by atoms with Crippen LogP contribution in [0, 0.1) is 5.82 Å². The predicted octanol–water partition coefficient (Wildman–Crippen LogP) is 1.20. The first kappa shape index (κ1) is 13.9. The molecule has 0 heterocycles. The topological polar surface area (TPSA) is 53.7 Å². The van der Waals surface area contributed by atoms with Crippen LogP contribution in [0.15, 0.2) is 24.3 Å². The van der Waals surface area contributed by atoms with Gasteiger partial charge in [-0.2, -0.15) is 0 Å². The number of para-hydroxylation sites is 1. The zero-order valence-corrected chi connectivity index (χ0v) is 9.73. The number of halogens is 1. The van der Waals surface area contributed by atoms with Crippen molar-refractivity contribution in [1.82, 2.24) is 0 Å². The van der Waals surface area contributed by atoms with Crippen molar-refractivity contribution in [3.05, 3.63) is 30.1 Å². The molecule has 0 unspecified atom stereocenters. The van der Waals surface area contributed by atoms with E-state index in [2.05, 4.69) is 0 Å². The Morgan fingerprint density at radius 3 is 2.29 bits per heavy atom.